The number of benzene rings is 2. The molecule has 2 heteroatoms. The number of nitrogens with zero attached hydrogens (tertiary/aromatic N) is 1. The van der Waals surface area contributed by atoms with E-state index < -0.39 is 0 Å². The molecule has 0 saturated carbocycles. The van der Waals surface area contributed by atoms with Gasteiger partial charge in [-0.3, -0.25) is 0 Å². The molecule has 2 aromatic carbocycles. The van der Waals surface area contributed by atoms with Gasteiger partial charge in [0, 0.05) is 33.7 Å². The second kappa shape index (κ2) is 3.88. The van der Waals surface area contributed by atoms with Crippen molar-refractivity contribution in [2.24, 2.45) is 0 Å². The Bertz CT molecular complexity index is 798. The van der Waals surface area contributed by atoms with E-state index in [-0.39, 0.29) is 0 Å². The number of aromatic nitrogens is 1. The van der Waals surface area contributed by atoms with E-state index >= 15 is 0 Å². The van der Waals surface area contributed by atoms with Crippen molar-refractivity contribution in [1.29, 1.82) is 0 Å². The van der Waals surface area contributed by atoms with Gasteiger partial charge in [-0.2, -0.15) is 0 Å². The molecule has 0 aliphatic carbocycles. The second-order valence-corrected chi connectivity index (χ2v) is 5.49. The Morgan fingerprint density at radius 2 is 2.00 bits per heavy atom. The summed E-state index contributed by atoms with van der Waals surface area (Å²) < 4.78 is 2.40. The molecule has 94 valence electrons. The van der Waals surface area contributed by atoms with Gasteiger partial charge in [0.1, 0.15) is 0 Å². The lowest BCUT2D eigenvalue weighted by Gasteiger charge is -2.05. The number of hydrogen-bond donors (Lipinski definition) is 0. The summed E-state index contributed by atoms with van der Waals surface area (Å²) in [6.07, 6.45) is 0.973. The topological polar surface area (TPSA) is 4.93 Å². The van der Waals surface area contributed by atoms with Crippen LogP contribution in [0.1, 0.15) is 18.1 Å². The van der Waals surface area contributed by atoms with E-state index in [0.29, 0.717) is 0 Å². The highest BCUT2D eigenvalue weighted by Crippen LogP contribution is 2.39. The van der Waals surface area contributed by atoms with E-state index in [4.69, 9.17) is 11.6 Å². The molecule has 0 radical (unpaired) electrons. The van der Waals surface area contributed by atoms with Crippen LogP contribution in [0.4, 0.5) is 0 Å². The molecule has 1 nitrogen and oxygen atoms in total. The van der Waals surface area contributed by atoms with Crippen molar-refractivity contribution in [1.82, 2.24) is 4.57 Å². The smallest absolute Gasteiger partial charge is 0.0498 e. The molecule has 0 amide bonds. The number of halogens is 1. The summed E-state index contributed by atoms with van der Waals surface area (Å²) in [7, 11) is 0. The minimum atomic E-state index is 0.882. The molecule has 0 bridgehead atoms. The first kappa shape index (κ1) is 11.1. The Hall–Kier alpha value is -1.73. The van der Waals surface area contributed by atoms with Crippen molar-refractivity contribution in [3.05, 3.63) is 58.6 Å². The zero-order valence-electron chi connectivity index (χ0n) is 10.8. The fourth-order valence-electron chi connectivity index (χ4n) is 3.20. The zero-order chi connectivity index (χ0) is 13.0. The Balaban J connectivity index is 2.08. The fourth-order valence-corrected chi connectivity index (χ4v) is 3.50. The maximum Gasteiger partial charge on any atom is 0.0498 e. The standard InChI is InChI=1S/C17H14ClN/c1-2-12-14-9-17-13-6-4-3-5-11(13)10-19(17)16(14)8-7-15(12)18/h3-9H,2,10H2,1H3. The summed E-state index contributed by atoms with van der Waals surface area (Å²) in [5.41, 5.74) is 6.65. The van der Waals surface area contributed by atoms with Gasteiger partial charge in [0.2, 0.25) is 0 Å². The lowest BCUT2D eigenvalue weighted by atomic mass is 10.0. The highest BCUT2D eigenvalue weighted by Gasteiger charge is 2.21. The molecule has 2 heterocycles. The molecule has 0 unspecified atom stereocenters. The van der Waals surface area contributed by atoms with Crippen LogP contribution >= 0.6 is 11.6 Å². The molecule has 1 aliphatic rings. The summed E-state index contributed by atoms with van der Waals surface area (Å²) >= 11 is 6.32. The normalized spacial score (nSPS) is 12.7. The van der Waals surface area contributed by atoms with E-state index in [1.54, 1.807) is 0 Å². The van der Waals surface area contributed by atoms with Crippen LogP contribution in [-0.4, -0.2) is 4.57 Å². The molecule has 1 aromatic heterocycles. The minimum Gasteiger partial charge on any atom is -0.336 e. The molecule has 0 spiro atoms. The van der Waals surface area contributed by atoms with Crippen LogP contribution in [-0.2, 0) is 13.0 Å². The molecule has 0 N–H and O–H groups in total. The van der Waals surface area contributed by atoms with Crippen molar-refractivity contribution in [3.63, 3.8) is 0 Å². The first-order valence-electron chi connectivity index (χ1n) is 6.68. The van der Waals surface area contributed by atoms with Gasteiger partial charge < -0.3 is 4.57 Å². The average molecular weight is 268 g/mol. The lowest BCUT2D eigenvalue weighted by Crippen LogP contribution is -1.93. The van der Waals surface area contributed by atoms with Crippen molar-refractivity contribution < 1.29 is 0 Å². The van der Waals surface area contributed by atoms with Gasteiger partial charge in [0.15, 0.2) is 0 Å². The van der Waals surface area contributed by atoms with Crippen molar-refractivity contribution >= 4 is 22.5 Å². The molecule has 0 fully saturated rings. The third-order valence-corrected chi connectivity index (χ3v) is 4.47. The zero-order valence-corrected chi connectivity index (χ0v) is 11.5. The van der Waals surface area contributed by atoms with Gasteiger partial charge in [-0.05, 0) is 35.7 Å². The molecule has 19 heavy (non-hydrogen) atoms. The van der Waals surface area contributed by atoms with E-state index in [1.165, 1.54) is 33.3 Å². The number of hydrogen-bond acceptors (Lipinski definition) is 0. The molecular formula is C17H14ClN. The maximum absolute atomic E-state index is 6.32. The van der Waals surface area contributed by atoms with Gasteiger partial charge >= 0.3 is 0 Å². The predicted molar refractivity (Wildman–Crippen MR) is 80.9 cm³/mol. The largest absolute Gasteiger partial charge is 0.336 e. The van der Waals surface area contributed by atoms with Crippen LogP contribution in [0.25, 0.3) is 22.2 Å². The van der Waals surface area contributed by atoms with E-state index in [9.17, 15) is 0 Å². The molecule has 0 saturated heterocycles. The van der Waals surface area contributed by atoms with E-state index in [2.05, 4.69) is 47.9 Å². The number of aryl methyl sites for hydroxylation is 1. The number of fused-ring (bicyclic) bond motifs is 5. The van der Waals surface area contributed by atoms with Crippen LogP contribution in [0, 0.1) is 0 Å². The Kier molecular flexibility index (Phi) is 2.27. The van der Waals surface area contributed by atoms with Gasteiger partial charge in [-0.25, -0.2) is 0 Å². The highest BCUT2D eigenvalue weighted by molar-refractivity contribution is 6.32. The third-order valence-electron chi connectivity index (χ3n) is 4.11. The second-order valence-electron chi connectivity index (χ2n) is 5.09. The van der Waals surface area contributed by atoms with Crippen molar-refractivity contribution in [3.8, 4) is 11.3 Å². The quantitative estimate of drug-likeness (QED) is 0.463. The SMILES string of the molecule is CCc1c(Cl)ccc2c1cc1n2Cc2ccccc2-1. The van der Waals surface area contributed by atoms with Crippen LogP contribution in [0.5, 0.6) is 0 Å². The van der Waals surface area contributed by atoms with Gasteiger partial charge in [0.05, 0.1) is 0 Å². The molecule has 0 atom stereocenters. The first-order valence-corrected chi connectivity index (χ1v) is 7.06. The van der Waals surface area contributed by atoms with Crippen LogP contribution in [0.2, 0.25) is 5.02 Å². The molecule has 1 aliphatic heterocycles. The average Bonchev–Trinajstić information content (AvgIpc) is 2.94. The highest BCUT2D eigenvalue weighted by atomic mass is 35.5. The minimum absolute atomic E-state index is 0.882. The summed E-state index contributed by atoms with van der Waals surface area (Å²) in [6, 6.07) is 15.1. The van der Waals surface area contributed by atoms with Crippen molar-refractivity contribution in [2.75, 3.05) is 0 Å². The third kappa shape index (κ3) is 1.42. The van der Waals surface area contributed by atoms with E-state index in [0.717, 1.165) is 18.0 Å². The molecular weight excluding hydrogens is 254 g/mol. The molecule has 3 aromatic rings. The van der Waals surface area contributed by atoms with Crippen LogP contribution in [0.3, 0.4) is 0 Å². The Morgan fingerprint density at radius 3 is 2.84 bits per heavy atom. The van der Waals surface area contributed by atoms with Crippen LogP contribution < -0.4 is 0 Å². The maximum atomic E-state index is 6.32. The first-order chi connectivity index (χ1) is 9.29. The Labute approximate surface area is 117 Å². The van der Waals surface area contributed by atoms with Crippen LogP contribution in [0.15, 0.2) is 42.5 Å². The summed E-state index contributed by atoms with van der Waals surface area (Å²) in [5, 5.41) is 2.19. The fraction of sp³-hybridized carbons (Fsp3) is 0.176. The van der Waals surface area contributed by atoms with E-state index in [1.807, 2.05) is 6.07 Å². The summed E-state index contributed by atoms with van der Waals surface area (Å²) in [6.45, 7) is 3.14. The lowest BCUT2D eigenvalue weighted by molar-refractivity contribution is 0.886. The van der Waals surface area contributed by atoms with Crippen molar-refractivity contribution in [2.45, 2.75) is 19.9 Å². The monoisotopic (exact) mass is 267 g/mol. The summed E-state index contributed by atoms with van der Waals surface area (Å²) in [4.78, 5) is 0. The number of rotatable bonds is 1. The van der Waals surface area contributed by atoms with Gasteiger partial charge in [0.25, 0.3) is 0 Å². The molecule has 4 rings (SSSR count). The van der Waals surface area contributed by atoms with Gasteiger partial charge in [-0.1, -0.05) is 42.8 Å². The predicted octanol–water partition coefficient (Wildman–Crippen LogP) is 4.89. The Morgan fingerprint density at radius 1 is 1.16 bits per heavy atom. The van der Waals surface area contributed by atoms with Gasteiger partial charge in [-0.15, -0.1) is 0 Å². The summed E-state index contributed by atoms with van der Waals surface area (Å²) in [5.74, 6) is 0.